The van der Waals surface area contributed by atoms with E-state index >= 15 is 0 Å². The monoisotopic (exact) mass is 534 g/mol. The maximum Gasteiger partial charge on any atom is 0.417 e. The fraction of sp³-hybridized carbons (Fsp3) is 0.333. The molecule has 37 heavy (non-hydrogen) atoms. The third-order valence-corrected chi connectivity index (χ3v) is 7.78. The Morgan fingerprint density at radius 2 is 1.70 bits per heavy atom. The number of ether oxygens (including phenoxy) is 1. The van der Waals surface area contributed by atoms with Crippen LogP contribution in [-0.4, -0.2) is 34.0 Å². The number of fused-ring (bicyclic) bond motifs is 2. The molecule has 4 nitrogen and oxygen atoms in total. The predicted molar refractivity (Wildman–Crippen MR) is 128 cm³/mol. The molecule has 0 spiro atoms. The molecule has 2 bridgehead atoms. The summed E-state index contributed by atoms with van der Waals surface area (Å²) in [5.74, 6) is -0.946. The van der Waals surface area contributed by atoms with Crippen molar-refractivity contribution in [2.45, 2.75) is 60.8 Å². The second kappa shape index (κ2) is 10.3. The molecule has 3 heterocycles. The normalized spacial score (nSPS) is 21.2. The number of alkyl halides is 3. The SMILES string of the molecule is O=C(c1ccc(CSc2ccc(C(F)(F)F)cn2)cc1)N1C2CCC1CC(Oc1ccc(F)cc1F)C2. The molecule has 0 aliphatic carbocycles. The number of halogens is 5. The standard InChI is InChI=1S/C27H23F5N2O2S/c28-19-6-9-24(23(29)11-19)36-22-12-20-7-8-21(13-22)34(20)26(35)17-3-1-16(2-4-17)15-37-25-10-5-18(14-33-25)27(30,31)32/h1-6,9-11,14,20-22H,7-8,12-13,15H2. The third-order valence-electron chi connectivity index (χ3n) is 6.76. The quantitative estimate of drug-likeness (QED) is 0.255. The summed E-state index contributed by atoms with van der Waals surface area (Å²) in [6.45, 7) is 0. The van der Waals surface area contributed by atoms with Crippen LogP contribution in [0.4, 0.5) is 22.0 Å². The Hall–Kier alpha value is -3.14. The summed E-state index contributed by atoms with van der Waals surface area (Å²) in [6.07, 6.45) is -1.00. The summed E-state index contributed by atoms with van der Waals surface area (Å²) >= 11 is 1.31. The molecular weight excluding hydrogens is 511 g/mol. The van der Waals surface area contributed by atoms with E-state index in [2.05, 4.69) is 4.98 Å². The first-order valence-corrected chi connectivity index (χ1v) is 12.9. The van der Waals surface area contributed by atoms with Crippen LogP contribution >= 0.6 is 11.8 Å². The number of benzene rings is 2. The van der Waals surface area contributed by atoms with Gasteiger partial charge in [0.2, 0.25) is 0 Å². The van der Waals surface area contributed by atoms with E-state index in [1.165, 1.54) is 23.9 Å². The Balaban J connectivity index is 1.18. The lowest BCUT2D eigenvalue weighted by atomic mass is 9.98. The molecular formula is C27H23F5N2O2S. The van der Waals surface area contributed by atoms with Gasteiger partial charge in [-0.1, -0.05) is 12.1 Å². The molecule has 0 N–H and O–H groups in total. The van der Waals surface area contributed by atoms with Crippen LogP contribution in [0, 0.1) is 11.6 Å². The summed E-state index contributed by atoms with van der Waals surface area (Å²) in [6, 6.07) is 12.8. The van der Waals surface area contributed by atoms with E-state index in [0.717, 1.165) is 42.8 Å². The van der Waals surface area contributed by atoms with Crippen molar-refractivity contribution in [2.75, 3.05) is 0 Å². The minimum absolute atomic E-state index is 0.0132. The van der Waals surface area contributed by atoms with Crippen molar-refractivity contribution in [1.82, 2.24) is 9.88 Å². The van der Waals surface area contributed by atoms with Crippen molar-refractivity contribution in [2.24, 2.45) is 0 Å². The van der Waals surface area contributed by atoms with Gasteiger partial charge in [-0.05, 0) is 54.8 Å². The molecule has 2 saturated heterocycles. The van der Waals surface area contributed by atoms with Gasteiger partial charge in [-0.15, -0.1) is 11.8 Å². The second-order valence-electron chi connectivity index (χ2n) is 9.25. The minimum Gasteiger partial charge on any atom is -0.487 e. The van der Waals surface area contributed by atoms with Crippen molar-refractivity contribution >= 4 is 17.7 Å². The number of pyridine rings is 1. The van der Waals surface area contributed by atoms with E-state index in [9.17, 15) is 26.7 Å². The van der Waals surface area contributed by atoms with Gasteiger partial charge in [-0.3, -0.25) is 4.79 Å². The fourth-order valence-electron chi connectivity index (χ4n) is 4.99. The van der Waals surface area contributed by atoms with Crippen LogP contribution in [0.5, 0.6) is 5.75 Å². The van der Waals surface area contributed by atoms with Crippen molar-refractivity contribution in [3.05, 3.63) is 89.1 Å². The van der Waals surface area contributed by atoms with Crippen LogP contribution in [0.2, 0.25) is 0 Å². The Morgan fingerprint density at radius 1 is 1.00 bits per heavy atom. The zero-order valence-corrected chi connectivity index (χ0v) is 20.4. The van der Waals surface area contributed by atoms with Crippen LogP contribution in [0.3, 0.4) is 0 Å². The highest BCUT2D eigenvalue weighted by atomic mass is 32.2. The largest absolute Gasteiger partial charge is 0.487 e. The number of nitrogens with zero attached hydrogens (tertiary/aromatic N) is 2. The fourth-order valence-corrected chi connectivity index (χ4v) is 5.79. The van der Waals surface area contributed by atoms with Gasteiger partial charge in [0.15, 0.2) is 11.6 Å². The number of carbonyl (C=O) groups is 1. The number of hydrogen-bond acceptors (Lipinski definition) is 4. The zero-order chi connectivity index (χ0) is 26.2. The molecule has 5 rings (SSSR count). The smallest absolute Gasteiger partial charge is 0.417 e. The summed E-state index contributed by atoms with van der Waals surface area (Å²) in [5.41, 5.74) is 0.689. The van der Waals surface area contributed by atoms with E-state index < -0.39 is 23.4 Å². The first kappa shape index (κ1) is 25.5. The van der Waals surface area contributed by atoms with Gasteiger partial charge in [0.05, 0.1) is 10.6 Å². The van der Waals surface area contributed by atoms with Crippen LogP contribution in [-0.2, 0) is 11.9 Å². The summed E-state index contributed by atoms with van der Waals surface area (Å²) in [4.78, 5) is 19.1. The Labute approximate surface area is 214 Å². The number of piperidine rings is 1. The average molecular weight is 535 g/mol. The summed E-state index contributed by atoms with van der Waals surface area (Å²) in [5, 5.41) is 0.482. The molecule has 0 saturated carbocycles. The van der Waals surface area contributed by atoms with Gasteiger partial charge in [-0.25, -0.2) is 13.8 Å². The lowest BCUT2D eigenvalue weighted by molar-refractivity contribution is -0.137. The number of thioether (sulfide) groups is 1. The Kier molecular flexibility index (Phi) is 7.11. The molecule has 194 valence electrons. The molecule has 2 unspecified atom stereocenters. The topological polar surface area (TPSA) is 42.4 Å². The van der Waals surface area contributed by atoms with E-state index in [1.807, 2.05) is 17.0 Å². The molecule has 1 aromatic heterocycles. The highest BCUT2D eigenvalue weighted by molar-refractivity contribution is 7.98. The van der Waals surface area contributed by atoms with E-state index in [1.54, 1.807) is 12.1 Å². The minimum atomic E-state index is -4.42. The van der Waals surface area contributed by atoms with Crippen LogP contribution < -0.4 is 4.74 Å². The number of rotatable bonds is 6. The lowest BCUT2D eigenvalue weighted by Crippen LogP contribution is -2.49. The molecule has 0 radical (unpaired) electrons. The van der Waals surface area contributed by atoms with Crippen LogP contribution in [0.1, 0.15) is 47.2 Å². The Bertz CT molecular complexity index is 1250. The zero-order valence-electron chi connectivity index (χ0n) is 19.6. The molecule has 3 aromatic rings. The van der Waals surface area contributed by atoms with Crippen molar-refractivity contribution in [3.63, 3.8) is 0 Å². The van der Waals surface area contributed by atoms with E-state index in [4.69, 9.17) is 4.74 Å². The number of amides is 1. The van der Waals surface area contributed by atoms with E-state index in [-0.39, 0.29) is 29.8 Å². The Morgan fingerprint density at radius 3 is 2.30 bits per heavy atom. The first-order valence-electron chi connectivity index (χ1n) is 11.9. The molecule has 2 atom stereocenters. The highest BCUT2D eigenvalue weighted by Gasteiger charge is 2.44. The molecule has 10 heteroatoms. The van der Waals surface area contributed by atoms with Crippen molar-refractivity contribution in [3.8, 4) is 5.75 Å². The number of hydrogen-bond donors (Lipinski definition) is 0. The molecule has 2 aliphatic heterocycles. The van der Waals surface area contributed by atoms with Gasteiger partial charge in [0, 0.05) is 48.5 Å². The lowest BCUT2D eigenvalue weighted by Gasteiger charge is -2.39. The highest BCUT2D eigenvalue weighted by Crippen LogP contribution is 2.39. The molecule has 1 amide bonds. The van der Waals surface area contributed by atoms with Gasteiger partial charge >= 0.3 is 6.18 Å². The van der Waals surface area contributed by atoms with Crippen molar-refractivity contribution < 1.29 is 31.5 Å². The maximum absolute atomic E-state index is 14.0. The number of aromatic nitrogens is 1. The van der Waals surface area contributed by atoms with E-state index in [0.29, 0.717) is 29.2 Å². The van der Waals surface area contributed by atoms with Crippen LogP contribution in [0.15, 0.2) is 65.8 Å². The van der Waals surface area contributed by atoms with Gasteiger partial charge in [0.25, 0.3) is 5.91 Å². The maximum atomic E-state index is 14.0. The van der Waals surface area contributed by atoms with Gasteiger partial charge in [-0.2, -0.15) is 13.2 Å². The summed E-state index contributed by atoms with van der Waals surface area (Å²) < 4.78 is 71.1. The summed E-state index contributed by atoms with van der Waals surface area (Å²) in [7, 11) is 0. The third kappa shape index (κ3) is 5.74. The molecule has 2 aliphatic rings. The van der Waals surface area contributed by atoms with Gasteiger partial charge < -0.3 is 9.64 Å². The first-order chi connectivity index (χ1) is 17.7. The molecule has 2 fully saturated rings. The van der Waals surface area contributed by atoms with Gasteiger partial charge in [0.1, 0.15) is 11.9 Å². The van der Waals surface area contributed by atoms with Crippen molar-refractivity contribution in [1.29, 1.82) is 0 Å². The predicted octanol–water partition coefficient (Wildman–Crippen LogP) is 6.89. The van der Waals surface area contributed by atoms with Crippen LogP contribution in [0.25, 0.3) is 0 Å². The average Bonchev–Trinajstić information content (AvgIpc) is 3.14. The second-order valence-corrected chi connectivity index (χ2v) is 10.2. The molecule has 2 aromatic carbocycles. The number of carbonyl (C=O) groups excluding carboxylic acids is 1.